The van der Waals surface area contributed by atoms with Gasteiger partial charge in [-0.2, -0.15) is 0 Å². The summed E-state index contributed by atoms with van der Waals surface area (Å²) < 4.78 is 5.63. The zero-order valence-electron chi connectivity index (χ0n) is 13.7. The van der Waals surface area contributed by atoms with Crippen LogP contribution in [-0.4, -0.2) is 19.2 Å². The van der Waals surface area contributed by atoms with Crippen molar-refractivity contribution in [3.05, 3.63) is 63.1 Å². The normalized spacial score (nSPS) is 10.3. The number of hydrogen-bond acceptors (Lipinski definition) is 2. The number of rotatable bonds is 6. The predicted molar refractivity (Wildman–Crippen MR) is 98.1 cm³/mol. The smallest absolute Gasteiger partial charge is 0.315 e. The summed E-state index contributed by atoms with van der Waals surface area (Å²) in [7, 11) is 0. The first kappa shape index (κ1) is 18.4. The van der Waals surface area contributed by atoms with Gasteiger partial charge in [-0.05, 0) is 48.7 Å². The minimum atomic E-state index is -0.262. The maximum absolute atomic E-state index is 11.8. The number of hydrogen-bond donors (Lipinski definition) is 2. The molecule has 0 aliphatic rings. The second-order valence-electron chi connectivity index (χ2n) is 5.42. The van der Waals surface area contributed by atoms with E-state index in [1.807, 2.05) is 44.2 Å². The fraction of sp³-hybridized carbons (Fsp3) is 0.278. The van der Waals surface area contributed by atoms with Gasteiger partial charge >= 0.3 is 6.03 Å². The molecule has 2 amide bonds. The van der Waals surface area contributed by atoms with Gasteiger partial charge in [-0.3, -0.25) is 0 Å². The summed E-state index contributed by atoms with van der Waals surface area (Å²) in [5.41, 5.74) is 2.81. The van der Waals surface area contributed by atoms with E-state index in [9.17, 15) is 4.79 Å². The number of benzene rings is 2. The molecule has 0 spiro atoms. The maximum Gasteiger partial charge on any atom is 0.315 e. The molecule has 0 aliphatic carbocycles. The highest BCUT2D eigenvalue weighted by atomic mass is 35.5. The molecule has 0 radical (unpaired) electrons. The van der Waals surface area contributed by atoms with E-state index < -0.39 is 0 Å². The van der Waals surface area contributed by atoms with E-state index in [2.05, 4.69) is 10.6 Å². The zero-order chi connectivity index (χ0) is 17.5. The van der Waals surface area contributed by atoms with Crippen LogP contribution in [0.3, 0.4) is 0 Å². The molecule has 0 atom stereocenters. The van der Waals surface area contributed by atoms with Gasteiger partial charge in [0.25, 0.3) is 0 Å². The van der Waals surface area contributed by atoms with E-state index in [0.717, 1.165) is 27.5 Å². The molecular formula is C18H20Cl2N2O2. The molecule has 0 bridgehead atoms. The molecule has 4 nitrogen and oxygen atoms in total. The molecule has 0 heterocycles. The molecular weight excluding hydrogens is 347 g/mol. The fourth-order valence-corrected chi connectivity index (χ4v) is 2.51. The Morgan fingerprint density at radius 1 is 1.08 bits per heavy atom. The maximum atomic E-state index is 11.8. The van der Waals surface area contributed by atoms with Crippen LogP contribution in [0.5, 0.6) is 5.75 Å². The Bertz CT molecular complexity index is 697. The molecule has 6 heteroatoms. The summed E-state index contributed by atoms with van der Waals surface area (Å²) in [6.45, 7) is 5.02. The monoisotopic (exact) mass is 366 g/mol. The third kappa shape index (κ3) is 5.32. The van der Waals surface area contributed by atoms with Crippen LogP contribution in [0, 0.1) is 13.8 Å². The summed E-state index contributed by atoms with van der Waals surface area (Å²) in [6, 6.07) is 10.9. The number of aryl methyl sites for hydroxylation is 2. The number of halogens is 2. The molecule has 0 aliphatic heterocycles. The third-order valence-corrected chi connectivity index (χ3v) is 4.43. The number of urea groups is 1. The molecule has 2 aromatic rings. The van der Waals surface area contributed by atoms with Gasteiger partial charge in [0.15, 0.2) is 0 Å². The van der Waals surface area contributed by atoms with E-state index in [1.54, 1.807) is 6.07 Å². The van der Waals surface area contributed by atoms with Crippen LogP contribution < -0.4 is 15.4 Å². The molecule has 0 unspecified atom stereocenters. The largest absolute Gasteiger partial charge is 0.492 e. The van der Waals surface area contributed by atoms with Crippen molar-refractivity contribution in [3.8, 4) is 5.75 Å². The fourth-order valence-electron chi connectivity index (χ4n) is 2.20. The highest BCUT2D eigenvalue weighted by Crippen LogP contribution is 2.25. The number of carbonyl (C=O) groups excluding carboxylic acids is 1. The Balaban J connectivity index is 1.70. The van der Waals surface area contributed by atoms with Gasteiger partial charge in [-0.25, -0.2) is 4.79 Å². The summed E-state index contributed by atoms with van der Waals surface area (Å²) in [5.74, 6) is 0.743. The van der Waals surface area contributed by atoms with Crippen LogP contribution in [0.2, 0.25) is 10.0 Å². The van der Waals surface area contributed by atoms with Crippen LogP contribution in [0.15, 0.2) is 36.4 Å². The molecule has 2 aromatic carbocycles. The average molecular weight is 367 g/mol. The van der Waals surface area contributed by atoms with Gasteiger partial charge in [0.05, 0.1) is 6.54 Å². The van der Waals surface area contributed by atoms with Crippen molar-refractivity contribution in [2.75, 3.05) is 13.2 Å². The van der Waals surface area contributed by atoms with Gasteiger partial charge in [0.1, 0.15) is 12.4 Å². The number of ether oxygens (including phenoxy) is 1. The highest BCUT2D eigenvalue weighted by Gasteiger charge is 2.05. The molecule has 2 N–H and O–H groups in total. The van der Waals surface area contributed by atoms with Crippen molar-refractivity contribution in [1.29, 1.82) is 0 Å². The van der Waals surface area contributed by atoms with E-state index in [0.29, 0.717) is 24.7 Å². The Morgan fingerprint density at radius 3 is 2.42 bits per heavy atom. The molecule has 128 valence electrons. The summed E-state index contributed by atoms with van der Waals surface area (Å²) in [6.07, 6.45) is 0. The van der Waals surface area contributed by atoms with Gasteiger partial charge in [0.2, 0.25) is 0 Å². The highest BCUT2D eigenvalue weighted by molar-refractivity contribution is 6.32. The lowest BCUT2D eigenvalue weighted by Gasteiger charge is -2.11. The predicted octanol–water partition coefficient (Wildman–Crippen LogP) is 4.49. The minimum Gasteiger partial charge on any atom is -0.492 e. The van der Waals surface area contributed by atoms with Crippen LogP contribution in [0.4, 0.5) is 4.79 Å². The first-order chi connectivity index (χ1) is 11.5. The number of nitrogens with one attached hydrogen (secondary N) is 2. The molecule has 2 rings (SSSR count). The van der Waals surface area contributed by atoms with Crippen LogP contribution >= 0.6 is 23.2 Å². The first-order valence-electron chi connectivity index (χ1n) is 7.62. The standard InChI is InChI=1S/C18H20Cl2N2O2/c1-12-9-15(10-13(2)17(12)20)24-8-7-21-18(23)22-11-14-5-3-4-6-16(14)19/h3-6,9-10H,7-8,11H2,1-2H3,(H2,21,22,23). The number of carbonyl (C=O) groups is 1. The molecule has 0 aromatic heterocycles. The minimum absolute atomic E-state index is 0.262. The Morgan fingerprint density at radius 2 is 1.75 bits per heavy atom. The summed E-state index contributed by atoms with van der Waals surface area (Å²) >= 11 is 12.2. The van der Waals surface area contributed by atoms with Gasteiger partial charge in [-0.1, -0.05) is 41.4 Å². The first-order valence-corrected chi connectivity index (χ1v) is 8.37. The van der Waals surface area contributed by atoms with Crippen molar-refractivity contribution in [1.82, 2.24) is 10.6 Å². The quantitative estimate of drug-likeness (QED) is 0.740. The summed E-state index contributed by atoms with van der Waals surface area (Å²) in [5, 5.41) is 6.88. The second-order valence-corrected chi connectivity index (χ2v) is 6.21. The number of amides is 2. The van der Waals surface area contributed by atoms with E-state index in [-0.39, 0.29) is 6.03 Å². The molecule has 24 heavy (non-hydrogen) atoms. The lowest BCUT2D eigenvalue weighted by Crippen LogP contribution is -2.37. The molecule has 0 fully saturated rings. The Labute approximate surface area is 152 Å². The van der Waals surface area contributed by atoms with Crippen molar-refractivity contribution < 1.29 is 9.53 Å². The topological polar surface area (TPSA) is 50.4 Å². The van der Waals surface area contributed by atoms with Gasteiger partial charge in [-0.15, -0.1) is 0 Å². The Hall–Kier alpha value is -1.91. The van der Waals surface area contributed by atoms with Crippen LogP contribution in [0.1, 0.15) is 16.7 Å². The lowest BCUT2D eigenvalue weighted by molar-refractivity contribution is 0.236. The van der Waals surface area contributed by atoms with Crippen molar-refractivity contribution >= 4 is 29.2 Å². The third-order valence-electron chi connectivity index (χ3n) is 3.46. The average Bonchev–Trinajstić information content (AvgIpc) is 2.55. The molecule has 0 saturated carbocycles. The molecule has 0 saturated heterocycles. The van der Waals surface area contributed by atoms with E-state index >= 15 is 0 Å². The van der Waals surface area contributed by atoms with Gasteiger partial charge in [0, 0.05) is 16.6 Å². The zero-order valence-corrected chi connectivity index (χ0v) is 15.2. The van der Waals surface area contributed by atoms with Crippen molar-refractivity contribution in [3.63, 3.8) is 0 Å². The van der Waals surface area contributed by atoms with E-state index in [1.165, 1.54) is 0 Å². The SMILES string of the molecule is Cc1cc(OCCNC(=O)NCc2ccccc2Cl)cc(C)c1Cl. The lowest BCUT2D eigenvalue weighted by atomic mass is 10.1. The summed E-state index contributed by atoms with van der Waals surface area (Å²) in [4.78, 5) is 11.8. The van der Waals surface area contributed by atoms with E-state index in [4.69, 9.17) is 27.9 Å². The second kappa shape index (κ2) is 8.81. The van der Waals surface area contributed by atoms with Gasteiger partial charge < -0.3 is 15.4 Å². The Kier molecular flexibility index (Phi) is 6.76. The van der Waals surface area contributed by atoms with Crippen LogP contribution in [-0.2, 0) is 6.54 Å². The van der Waals surface area contributed by atoms with Crippen molar-refractivity contribution in [2.24, 2.45) is 0 Å². The van der Waals surface area contributed by atoms with Crippen molar-refractivity contribution in [2.45, 2.75) is 20.4 Å². The van der Waals surface area contributed by atoms with Crippen LogP contribution in [0.25, 0.3) is 0 Å².